The number of benzene rings is 1. The molecule has 0 aliphatic carbocycles. The van der Waals surface area contributed by atoms with Crippen LogP contribution in [0.5, 0.6) is 0 Å². The van der Waals surface area contributed by atoms with Gasteiger partial charge >= 0.3 is 0 Å². The molecule has 0 spiro atoms. The average Bonchev–Trinajstić information content (AvgIpc) is 2.54. The van der Waals surface area contributed by atoms with Gasteiger partial charge in [0.05, 0.1) is 11.3 Å². The van der Waals surface area contributed by atoms with E-state index in [1.165, 1.54) is 0 Å². The summed E-state index contributed by atoms with van der Waals surface area (Å²) in [6.45, 7) is 6.45. The highest BCUT2D eigenvalue weighted by atomic mass is 16.2. The zero-order chi connectivity index (χ0) is 15.9. The van der Waals surface area contributed by atoms with Gasteiger partial charge in [0.25, 0.3) is 5.91 Å². The molecule has 0 unspecified atom stereocenters. The Kier molecular flexibility index (Phi) is 5.95. The number of amides is 2. The summed E-state index contributed by atoms with van der Waals surface area (Å²) in [5, 5.41) is 9.06. The number of hydrogen-bond acceptors (Lipinski definition) is 3. The lowest BCUT2D eigenvalue weighted by Gasteiger charge is -2.22. The second-order valence-corrected chi connectivity index (χ2v) is 6.16. The predicted octanol–water partition coefficient (Wildman–Crippen LogP) is 2.01. The van der Waals surface area contributed by atoms with Gasteiger partial charge in [0, 0.05) is 12.5 Å². The van der Waals surface area contributed by atoms with Crippen LogP contribution in [0.4, 0.5) is 5.69 Å². The average molecular weight is 303 g/mol. The van der Waals surface area contributed by atoms with Gasteiger partial charge in [-0.1, -0.05) is 26.0 Å². The van der Waals surface area contributed by atoms with Crippen LogP contribution >= 0.6 is 0 Å². The van der Waals surface area contributed by atoms with Crippen LogP contribution in [0.15, 0.2) is 24.3 Å². The first-order valence-corrected chi connectivity index (χ1v) is 7.96. The number of para-hydroxylation sites is 1. The summed E-state index contributed by atoms with van der Waals surface area (Å²) in [5.41, 5.74) is 1.11. The first-order valence-electron chi connectivity index (χ1n) is 7.96. The SMILES string of the molecule is CC(C)CNC(=O)c1ccccc1NC(=O)C1CCNCC1. The van der Waals surface area contributed by atoms with E-state index in [4.69, 9.17) is 0 Å². The molecule has 2 amide bonds. The van der Waals surface area contributed by atoms with Crippen LogP contribution in [-0.4, -0.2) is 31.4 Å². The fourth-order valence-electron chi connectivity index (χ4n) is 2.50. The molecular formula is C17H25N3O2. The molecule has 22 heavy (non-hydrogen) atoms. The van der Waals surface area contributed by atoms with Crippen LogP contribution < -0.4 is 16.0 Å². The van der Waals surface area contributed by atoms with Crippen molar-refractivity contribution in [2.75, 3.05) is 25.0 Å². The highest BCUT2D eigenvalue weighted by molar-refractivity contribution is 6.04. The molecule has 0 bridgehead atoms. The summed E-state index contributed by atoms with van der Waals surface area (Å²) in [6.07, 6.45) is 1.68. The van der Waals surface area contributed by atoms with E-state index in [0.29, 0.717) is 23.7 Å². The summed E-state index contributed by atoms with van der Waals surface area (Å²) >= 11 is 0. The Morgan fingerprint density at radius 3 is 2.59 bits per heavy atom. The molecule has 0 radical (unpaired) electrons. The molecule has 1 saturated heterocycles. The molecule has 120 valence electrons. The number of anilines is 1. The fourth-order valence-corrected chi connectivity index (χ4v) is 2.50. The number of piperidine rings is 1. The first-order chi connectivity index (χ1) is 10.6. The Morgan fingerprint density at radius 1 is 1.23 bits per heavy atom. The van der Waals surface area contributed by atoms with Gasteiger partial charge in [-0.05, 0) is 44.0 Å². The van der Waals surface area contributed by atoms with Crippen molar-refractivity contribution in [1.82, 2.24) is 10.6 Å². The quantitative estimate of drug-likeness (QED) is 0.779. The van der Waals surface area contributed by atoms with Crippen molar-refractivity contribution in [2.24, 2.45) is 11.8 Å². The molecule has 1 aliphatic rings. The summed E-state index contributed by atoms with van der Waals surface area (Å²) in [7, 11) is 0. The Balaban J connectivity index is 2.04. The monoisotopic (exact) mass is 303 g/mol. The van der Waals surface area contributed by atoms with E-state index in [-0.39, 0.29) is 17.7 Å². The molecule has 5 nitrogen and oxygen atoms in total. The molecule has 0 aromatic heterocycles. The normalized spacial score (nSPS) is 15.6. The molecule has 1 aliphatic heterocycles. The largest absolute Gasteiger partial charge is 0.352 e. The zero-order valence-electron chi connectivity index (χ0n) is 13.3. The van der Waals surface area contributed by atoms with E-state index in [0.717, 1.165) is 25.9 Å². The van der Waals surface area contributed by atoms with Crippen LogP contribution in [0.1, 0.15) is 37.0 Å². The lowest BCUT2D eigenvalue weighted by molar-refractivity contribution is -0.120. The van der Waals surface area contributed by atoms with Crippen LogP contribution in [0, 0.1) is 11.8 Å². The lowest BCUT2D eigenvalue weighted by Crippen LogP contribution is -2.35. The maximum atomic E-state index is 12.3. The Labute approximate surface area is 131 Å². The molecular weight excluding hydrogens is 278 g/mol. The first kappa shape index (κ1) is 16.5. The Morgan fingerprint density at radius 2 is 1.91 bits per heavy atom. The molecule has 1 aromatic rings. The van der Waals surface area contributed by atoms with Crippen molar-refractivity contribution in [2.45, 2.75) is 26.7 Å². The molecule has 1 aromatic carbocycles. The van der Waals surface area contributed by atoms with Crippen LogP contribution in [0.3, 0.4) is 0 Å². The van der Waals surface area contributed by atoms with E-state index >= 15 is 0 Å². The van der Waals surface area contributed by atoms with Gasteiger partial charge in [0.15, 0.2) is 0 Å². The number of nitrogens with one attached hydrogen (secondary N) is 3. The van der Waals surface area contributed by atoms with Crippen molar-refractivity contribution < 1.29 is 9.59 Å². The van der Waals surface area contributed by atoms with Crippen molar-refractivity contribution in [3.63, 3.8) is 0 Å². The minimum atomic E-state index is -0.144. The maximum Gasteiger partial charge on any atom is 0.253 e. The third-order valence-electron chi connectivity index (χ3n) is 3.81. The van der Waals surface area contributed by atoms with E-state index in [9.17, 15) is 9.59 Å². The number of carbonyl (C=O) groups is 2. The predicted molar refractivity (Wildman–Crippen MR) is 87.8 cm³/mol. The van der Waals surface area contributed by atoms with Gasteiger partial charge in [-0.15, -0.1) is 0 Å². The fraction of sp³-hybridized carbons (Fsp3) is 0.529. The van der Waals surface area contributed by atoms with Gasteiger partial charge in [-0.2, -0.15) is 0 Å². The van der Waals surface area contributed by atoms with Crippen molar-refractivity contribution in [3.05, 3.63) is 29.8 Å². The van der Waals surface area contributed by atoms with E-state index in [2.05, 4.69) is 16.0 Å². The van der Waals surface area contributed by atoms with E-state index < -0.39 is 0 Å². The van der Waals surface area contributed by atoms with Gasteiger partial charge < -0.3 is 16.0 Å². The summed E-state index contributed by atoms with van der Waals surface area (Å²) < 4.78 is 0. The molecule has 5 heteroatoms. The smallest absolute Gasteiger partial charge is 0.253 e. The second kappa shape index (κ2) is 7.94. The van der Waals surface area contributed by atoms with Crippen LogP contribution in [0.25, 0.3) is 0 Å². The highest BCUT2D eigenvalue weighted by Crippen LogP contribution is 2.19. The molecule has 0 atom stereocenters. The number of carbonyl (C=O) groups excluding carboxylic acids is 2. The van der Waals surface area contributed by atoms with Gasteiger partial charge in [-0.3, -0.25) is 9.59 Å². The standard InChI is InChI=1S/C17H25N3O2/c1-12(2)11-19-17(22)14-5-3-4-6-15(14)20-16(21)13-7-9-18-10-8-13/h3-6,12-13,18H,7-11H2,1-2H3,(H,19,22)(H,20,21). The second-order valence-electron chi connectivity index (χ2n) is 6.16. The van der Waals surface area contributed by atoms with E-state index in [1.54, 1.807) is 12.1 Å². The minimum Gasteiger partial charge on any atom is -0.352 e. The van der Waals surface area contributed by atoms with Gasteiger partial charge in [0.1, 0.15) is 0 Å². The minimum absolute atomic E-state index is 0.00519. The lowest BCUT2D eigenvalue weighted by atomic mass is 9.97. The molecule has 3 N–H and O–H groups in total. The van der Waals surface area contributed by atoms with Gasteiger partial charge in [0.2, 0.25) is 5.91 Å². The van der Waals surface area contributed by atoms with Crippen LogP contribution in [-0.2, 0) is 4.79 Å². The van der Waals surface area contributed by atoms with E-state index in [1.807, 2.05) is 26.0 Å². The van der Waals surface area contributed by atoms with Crippen molar-refractivity contribution in [1.29, 1.82) is 0 Å². The number of rotatable bonds is 5. The molecule has 1 fully saturated rings. The number of hydrogen-bond donors (Lipinski definition) is 3. The molecule has 0 saturated carbocycles. The Bertz CT molecular complexity index is 522. The summed E-state index contributed by atoms with van der Waals surface area (Å²) in [4.78, 5) is 24.6. The van der Waals surface area contributed by atoms with Crippen molar-refractivity contribution in [3.8, 4) is 0 Å². The molecule has 2 rings (SSSR count). The van der Waals surface area contributed by atoms with Crippen molar-refractivity contribution >= 4 is 17.5 Å². The zero-order valence-corrected chi connectivity index (χ0v) is 13.3. The summed E-state index contributed by atoms with van der Waals surface area (Å²) in [6, 6.07) is 7.17. The summed E-state index contributed by atoms with van der Waals surface area (Å²) in [5.74, 6) is 0.272. The third-order valence-corrected chi connectivity index (χ3v) is 3.81. The third kappa shape index (κ3) is 4.56. The highest BCUT2D eigenvalue weighted by Gasteiger charge is 2.22. The maximum absolute atomic E-state index is 12.3. The van der Waals surface area contributed by atoms with Gasteiger partial charge in [-0.25, -0.2) is 0 Å². The van der Waals surface area contributed by atoms with Crippen LogP contribution in [0.2, 0.25) is 0 Å². The topological polar surface area (TPSA) is 70.2 Å². The molecule has 1 heterocycles. The Hall–Kier alpha value is -1.88.